The van der Waals surface area contributed by atoms with Gasteiger partial charge >= 0.3 is 12.1 Å². The van der Waals surface area contributed by atoms with Gasteiger partial charge in [-0.1, -0.05) is 61.4 Å². The van der Waals surface area contributed by atoms with Gasteiger partial charge in [-0.15, -0.1) is 0 Å². The predicted molar refractivity (Wildman–Crippen MR) is 118 cm³/mol. The molecule has 0 spiro atoms. The Morgan fingerprint density at radius 1 is 1.09 bits per heavy atom. The molecule has 32 heavy (non-hydrogen) atoms. The van der Waals surface area contributed by atoms with Crippen LogP contribution in [-0.2, 0) is 14.3 Å². The normalized spacial score (nSPS) is 15.5. The van der Waals surface area contributed by atoms with Crippen LogP contribution in [0.2, 0.25) is 0 Å². The van der Waals surface area contributed by atoms with Crippen LogP contribution in [0, 0.1) is 23.7 Å². The van der Waals surface area contributed by atoms with Gasteiger partial charge in [0.15, 0.2) is 0 Å². The summed E-state index contributed by atoms with van der Waals surface area (Å²) in [6.45, 7) is 2.62. The van der Waals surface area contributed by atoms with Crippen molar-refractivity contribution in [1.82, 2.24) is 10.2 Å². The molecular weight excluding hydrogens is 408 g/mol. The van der Waals surface area contributed by atoms with E-state index in [0.717, 1.165) is 22.3 Å². The van der Waals surface area contributed by atoms with Crippen LogP contribution in [0.4, 0.5) is 4.79 Å². The molecule has 2 aliphatic rings. The summed E-state index contributed by atoms with van der Waals surface area (Å²) in [7, 11) is 0. The van der Waals surface area contributed by atoms with Gasteiger partial charge < -0.3 is 20.1 Å². The molecule has 1 heterocycles. The average Bonchev–Trinajstić information content (AvgIpc) is 3.08. The van der Waals surface area contributed by atoms with E-state index in [1.807, 2.05) is 24.3 Å². The number of amides is 2. The molecule has 1 unspecified atom stereocenters. The summed E-state index contributed by atoms with van der Waals surface area (Å²) in [6.07, 6.45) is -0.590. The van der Waals surface area contributed by atoms with Gasteiger partial charge in [0.05, 0.1) is 12.5 Å². The Kier molecular flexibility index (Phi) is 6.13. The summed E-state index contributed by atoms with van der Waals surface area (Å²) >= 11 is 0. The number of carboxylic acid groups (broad SMARTS) is 1. The predicted octanol–water partition coefficient (Wildman–Crippen LogP) is 2.71. The molecule has 1 aliphatic carbocycles. The Morgan fingerprint density at radius 2 is 1.69 bits per heavy atom. The molecule has 2 aromatic rings. The van der Waals surface area contributed by atoms with Crippen molar-refractivity contribution in [3.05, 3.63) is 59.7 Å². The molecule has 1 atom stereocenters. The minimum absolute atomic E-state index is 0.00872. The lowest BCUT2D eigenvalue weighted by atomic mass is 9.87. The number of nitrogens with one attached hydrogen (secondary N) is 1. The molecule has 0 bridgehead atoms. The molecule has 7 heteroatoms. The Labute approximate surface area is 186 Å². The molecule has 4 rings (SSSR count). The third-order valence-electron chi connectivity index (χ3n) is 6.15. The number of carbonyl (C=O) groups excluding carboxylic acids is 2. The molecule has 2 aromatic carbocycles. The molecule has 1 aliphatic heterocycles. The minimum atomic E-state index is -0.861. The molecule has 0 saturated carbocycles. The minimum Gasteiger partial charge on any atom is -0.481 e. The molecule has 164 valence electrons. The van der Waals surface area contributed by atoms with Crippen LogP contribution in [0.25, 0.3) is 11.1 Å². The van der Waals surface area contributed by atoms with Crippen LogP contribution in [0.3, 0.4) is 0 Å². The summed E-state index contributed by atoms with van der Waals surface area (Å²) in [5.74, 6) is 3.32. The van der Waals surface area contributed by atoms with Gasteiger partial charge in [-0.2, -0.15) is 0 Å². The molecule has 7 nitrogen and oxygen atoms in total. The van der Waals surface area contributed by atoms with Gasteiger partial charge in [-0.3, -0.25) is 9.59 Å². The highest BCUT2D eigenvalue weighted by Crippen LogP contribution is 2.44. The number of hydrogen-bond acceptors (Lipinski definition) is 4. The zero-order valence-corrected chi connectivity index (χ0v) is 17.7. The molecular formula is C25H24N2O5. The molecule has 1 fully saturated rings. The Morgan fingerprint density at radius 3 is 2.28 bits per heavy atom. The van der Waals surface area contributed by atoms with E-state index in [9.17, 15) is 14.4 Å². The fourth-order valence-corrected chi connectivity index (χ4v) is 4.16. The van der Waals surface area contributed by atoms with Gasteiger partial charge in [0.25, 0.3) is 5.91 Å². The van der Waals surface area contributed by atoms with E-state index in [1.165, 1.54) is 4.90 Å². The highest BCUT2D eigenvalue weighted by Gasteiger charge is 2.36. The van der Waals surface area contributed by atoms with Crippen molar-refractivity contribution in [2.45, 2.75) is 12.8 Å². The summed E-state index contributed by atoms with van der Waals surface area (Å²) < 4.78 is 5.42. The number of ether oxygens (including phenoxy) is 1. The lowest BCUT2D eigenvalue weighted by Crippen LogP contribution is -2.53. The largest absolute Gasteiger partial charge is 0.481 e. The van der Waals surface area contributed by atoms with Crippen LogP contribution >= 0.6 is 0 Å². The van der Waals surface area contributed by atoms with Crippen molar-refractivity contribution >= 4 is 18.0 Å². The average molecular weight is 432 g/mol. The second-order valence-corrected chi connectivity index (χ2v) is 8.08. The molecule has 0 radical (unpaired) electrons. The number of benzene rings is 2. The van der Waals surface area contributed by atoms with E-state index in [-0.39, 0.29) is 30.9 Å². The lowest BCUT2D eigenvalue weighted by Gasteiger charge is -2.39. The first-order valence-electron chi connectivity index (χ1n) is 10.5. The van der Waals surface area contributed by atoms with E-state index >= 15 is 0 Å². The Bertz CT molecular complexity index is 1070. The number of aliphatic carboxylic acids is 1. The quantitative estimate of drug-likeness (QED) is 0.709. The van der Waals surface area contributed by atoms with Gasteiger partial charge in [0, 0.05) is 24.9 Å². The van der Waals surface area contributed by atoms with Gasteiger partial charge in [0.1, 0.15) is 6.61 Å². The summed E-state index contributed by atoms with van der Waals surface area (Å²) in [5.41, 5.74) is 4.59. The highest BCUT2D eigenvalue weighted by molar-refractivity contribution is 5.94. The Hall–Kier alpha value is -3.79. The lowest BCUT2D eigenvalue weighted by molar-refractivity contribution is -0.148. The van der Waals surface area contributed by atoms with Gasteiger partial charge in [0.2, 0.25) is 0 Å². The summed E-state index contributed by atoms with van der Waals surface area (Å²) in [6, 6.07) is 16.2. The van der Waals surface area contributed by atoms with Crippen molar-refractivity contribution in [3.63, 3.8) is 0 Å². The number of carboxylic acids is 1. The first-order chi connectivity index (χ1) is 15.5. The SMILES string of the molecule is CC(C(=O)O)C1CN(C(=O)C#CCNC(=O)OCC2c3ccccc3-c3ccccc32)C1. The van der Waals surface area contributed by atoms with Gasteiger partial charge in [-0.05, 0) is 28.2 Å². The number of likely N-dealkylation sites (tertiary alicyclic amines) is 1. The smallest absolute Gasteiger partial charge is 0.407 e. The van der Waals surface area contributed by atoms with Crippen LogP contribution < -0.4 is 5.32 Å². The van der Waals surface area contributed by atoms with E-state index < -0.39 is 18.0 Å². The summed E-state index contributed by atoms with van der Waals surface area (Å²) in [5, 5.41) is 11.5. The number of rotatable bonds is 5. The van der Waals surface area contributed by atoms with Crippen molar-refractivity contribution < 1.29 is 24.2 Å². The van der Waals surface area contributed by atoms with E-state index in [4.69, 9.17) is 9.84 Å². The van der Waals surface area contributed by atoms with Crippen molar-refractivity contribution in [2.24, 2.45) is 11.8 Å². The maximum Gasteiger partial charge on any atom is 0.407 e. The molecule has 2 N–H and O–H groups in total. The number of alkyl carbamates (subject to hydrolysis) is 1. The van der Waals surface area contributed by atoms with Crippen molar-refractivity contribution in [2.75, 3.05) is 26.2 Å². The monoisotopic (exact) mass is 432 g/mol. The van der Waals surface area contributed by atoms with Crippen LogP contribution in [0.15, 0.2) is 48.5 Å². The van der Waals surface area contributed by atoms with Gasteiger partial charge in [-0.25, -0.2) is 4.79 Å². The van der Waals surface area contributed by atoms with Crippen molar-refractivity contribution in [1.29, 1.82) is 0 Å². The third-order valence-corrected chi connectivity index (χ3v) is 6.15. The maximum absolute atomic E-state index is 12.1. The number of fused-ring (bicyclic) bond motifs is 3. The third kappa shape index (κ3) is 4.30. The van der Waals surface area contributed by atoms with E-state index in [2.05, 4.69) is 41.4 Å². The van der Waals surface area contributed by atoms with Crippen LogP contribution in [-0.4, -0.2) is 54.2 Å². The number of nitrogens with zero attached hydrogens (tertiary/aromatic N) is 1. The zero-order chi connectivity index (χ0) is 22.7. The van der Waals surface area contributed by atoms with Crippen LogP contribution in [0.5, 0.6) is 0 Å². The summed E-state index contributed by atoms with van der Waals surface area (Å²) in [4.78, 5) is 36.6. The fraction of sp³-hybridized carbons (Fsp3) is 0.320. The highest BCUT2D eigenvalue weighted by atomic mass is 16.5. The fourth-order valence-electron chi connectivity index (χ4n) is 4.16. The second-order valence-electron chi connectivity index (χ2n) is 8.08. The molecule has 0 aromatic heterocycles. The number of carbonyl (C=O) groups is 3. The van der Waals surface area contributed by atoms with Crippen molar-refractivity contribution in [3.8, 4) is 23.0 Å². The second kappa shape index (κ2) is 9.15. The molecule has 2 amide bonds. The van der Waals surface area contributed by atoms with E-state index in [1.54, 1.807) is 6.92 Å². The number of hydrogen-bond donors (Lipinski definition) is 2. The van der Waals surface area contributed by atoms with Crippen LogP contribution in [0.1, 0.15) is 24.0 Å². The standard InChI is InChI=1S/C25H24N2O5/c1-16(24(29)30)17-13-27(14-17)23(28)11-6-12-26-25(31)32-15-22-20-9-4-2-7-18(20)19-8-3-5-10-21(19)22/h2-5,7-10,16-17,22H,12-15H2,1H3,(H,26,31)(H,29,30). The first-order valence-corrected chi connectivity index (χ1v) is 10.5. The molecule has 1 saturated heterocycles. The Balaban J connectivity index is 1.23. The first kappa shape index (κ1) is 21.4. The topological polar surface area (TPSA) is 95.9 Å². The zero-order valence-electron chi connectivity index (χ0n) is 17.7. The maximum atomic E-state index is 12.1. The van der Waals surface area contributed by atoms with E-state index in [0.29, 0.717) is 13.1 Å².